The predicted molar refractivity (Wildman–Crippen MR) is 157 cm³/mol. The highest BCUT2D eigenvalue weighted by Crippen LogP contribution is 2.28. The van der Waals surface area contributed by atoms with Crippen LogP contribution in [0, 0.1) is 5.92 Å². The number of rotatable bonds is 16. The third-order valence-electron chi connectivity index (χ3n) is 5.66. The van der Waals surface area contributed by atoms with E-state index in [4.69, 9.17) is 21.9 Å². The maximum absolute atomic E-state index is 13.3. The number of ether oxygens (including phenoxy) is 1. The fraction of sp³-hybridized carbons (Fsp3) is 0.423. The average Bonchev–Trinajstić information content (AvgIpc) is 2.93. The Bertz CT molecular complexity index is 1110. The first-order valence-corrected chi connectivity index (χ1v) is 15.0. The van der Waals surface area contributed by atoms with Gasteiger partial charge in [0.05, 0.1) is 6.04 Å². The summed E-state index contributed by atoms with van der Waals surface area (Å²) >= 11 is 0. The van der Waals surface area contributed by atoms with Crippen molar-refractivity contribution in [2.75, 3.05) is 23.7 Å². The second-order valence-corrected chi connectivity index (χ2v) is 11.5. The monoisotopic (exact) mass is 591 g/mol. The van der Waals surface area contributed by atoms with Gasteiger partial charge in [-0.15, -0.1) is 0 Å². The van der Waals surface area contributed by atoms with E-state index in [9.17, 15) is 19.2 Å². The molecule has 0 saturated heterocycles. The number of anilines is 1. The van der Waals surface area contributed by atoms with Gasteiger partial charge >= 0.3 is 12.1 Å². The minimum atomic E-state index is -0.992. The number of nitrogens with one attached hydrogen (secondary N) is 2. The molecule has 1 heterocycles. The van der Waals surface area contributed by atoms with Crippen LogP contribution in [0.4, 0.5) is 15.3 Å². The lowest BCUT2D eigenvalue weighted by Gasteiger charge is -2.33. The van der Waals surface area contributed by atoms with E-state index in [1.165, 1.54) is 15.7 Å². The third-order valence-corrected chi connectivity index (χ3v) is 7.92. The quantitative estimate of drug-likeness (QED) is 0.144. The number of aromatic nitrogens is 1. The summed E-state index contributed by atoms with van der Waals surface area (Å²) < 4.78 is 5.28. The van der Waals surface area contributed by atoms with Crippen molar-refractivity contribution in [2.45, 2.75) is 50.4 Å². The van der Waals surface area contributed by atoms with Crippen molar-refractivity contribution in [1.82, 2.24) is 15.6 Å². The molecule has 14 heteroatoms. The summed E-state index contributed by atoms with van der Waals surface area (Å²) in [6.45, 7) is 4.27. The minimum Gasteiger partial charge on any atom is -0.445 e. The molecular formula is C26H37N7O5S2. The highest BCUT2D eigenvalue weighted by molar-refractivity contribution is 8.76. The van der Waals surface area contributed by atoms with E-state index in [0.29, 0.717) is 30.0 Å². The van der Waals surface area contributed by atoms with Crippen LogP contribution in [0.3, 0.4) is 0 Å². The van der Waals surface area contributed by atoms with Gasteiger partial charge in [-0.2, -0.15) is 0 Å². The Kier molecular flexibility index (Phi) is 14.1. The molecule has 0 aliphatic rings. The maximum atomic E-state index is 13.3. The first-order chi connectivity index (χ1) is 19.1. The molecule has 0 aliphatic heterocycles. The Morgan fingerprint density at radius 3 is 2.35 bits per heavy atom. The molecule has 0 bridgehead atoms. The van der Waals surface area contributed by atoms with Gasteiger partial charge in [-0.25, -0.2) is 14.6 Å². The van der Waals surface area contributed by atoms with Crippen LogP contribution in [-0.4, -0.2) is 59.8 Å². The summed E-state index contributed by atoms with van der Waals surface area (Å²) in [6.07, 6.45) is 1.73. The molecule has 1 aromatic heterocycles. The second kappa shape index (κ2) is 17.3. The molecule has 1 aromatic carbocycles. The lowest BCUT2D eigenvalue weighted by Crippen LogP contribution is -2.55. The number of nitrogens with two attached hydrogens (primary N) is 3. The lowest BCUT2D eigenvalue weighted by molar-refractivity contribution is -0.126. The van der Waals surface area contributed by atoms with Crippen molar-refractivity contribution >= 4 is 51.2 Å². The van der Waals surface area contributed by atoms with E-state index in [2.05, 4.69) is 15.6 Å². The van der Waals surface area contributed by atoms with Gasteiger partial charge in [0.1, 0.15) is 17.7 Å². The largest absolute Gasteiger partial charge is 0.445 e. The van der Waals surface area contributed by atoms with Crippen LogP contribution in [0.1, 0.15) is 32.3 Å². The van der Waals surface area contributed by atoms with Crippen molar-refractivity contribution in [3.63, 3.8) is 0 Å². The fourth-order valence-electron chi connectivity index (χ4n) is 3.46. The van der Waals surface area contributed by atoms with E-state index >= 15 is 0 Å². The first kappa shape index (κ1) is 32.7. The number of benzene rings is 1. The molecule has 12 nitrogen and oxygen atoms in total. The normalized spacial score (nSPS) is 12.3. The number of hydrogen-bond donors (Lipinski definition) is 5. The molecule has 2 unspecified atom stereocenters. The number of carbonyl (C=O) groups is 4. The molecule has 0 aliphatic carbocycles. The summed E-state index contributed by atoms with van der Waals surface area (Å²) in [5.41, 5.74) is 18.0. The van der Waals surface area contributed by atoms with Gasteiger partial charge in [-0.3, -0.25) is 14.5 Å². The molecule has 8 N–H and O–H groups in total. The number of amides is 5. The van der Waals surface area contributed by atoms with Gasteiger partial charge in [0.15, 0.2) is 0 Å². The minimum absolute atomic E-state index is 0.0133. The molecule has 0 saturated carbocycles. The highest BCUT2D eigenvalue weighted by atomic mass is 33.1. The van der Waals surface area contributed by atoms with Crippen LogP contribution in [-0.2, 0) is 20.9 Å². The van der Waals surface area contributed by atoms with Crippen LogP contribution in [0.2, 0.25) is 0 Å². The predicted octanol–water partition coefficient (Wildman–Crippen LogP) is 2.37. The zero-order valence-corrected chi connectivity index (χ0v) is 24.2. The molecule has 0 fully saturated rings. The number of nitrogens with zero attached hydrogens (tertiary/aromatic N) is 2. The zero-order valence-electron chi connectivity index (χ0n) is 22.6. The number of alkyl carbamates (subject to hydrolysis) is 1. The smallest absolute Gasteiger partial charge is 0.407 e. The number of carbonyl (C=O) groups excluding carboxylic acids is 4. The maximum Gasteiger partial charge on any atom is 0.407 e. The summed E-state index contributed by atoms with van der Waals surface area (Å²) in [6, 6.07) is 9.81. The lowest BCUT2D eigenvalue weighted by atomic mass is 10.00. The molecule has 2 aromatic rings. The number of urea groups is 1. The van der Waals surface area contributed by atoms with Gasteiger partial charge in [-0.1, -0.05) is 42.8 Å². The van der Waals surface area contributed by atoms with E-state index in [0.717, 1.165) is 5.03 Å². The number of hydrogen-bond acceptors (Lipinski definition) is 9. The standard InChI is InChI=1S/C26H37N7O5S2/c1-17(2)22(27)24(35)33(20(23(28)34)6-5-13-31-25(29)36)19-10-8-18(9-11-19)16-38-26(37)32-14-15-39-40-21-7-3-4-12-30-21/h3-4,7-12,17,20,22H,5-6,13-16,27H2,1-2H3,(H2,28,34)(H,32,37)(H3,29,31,36). The van der Waals surface area contributed by atoms with Crippen LogP contribution in [0.5, 0.6) is 0 Å². The van der Waals surface area contributed by atoms with Crippen molar-refractivity contribution in [3.05, 3.63) is 54.2 Å². The van der Waals surface area contributed by atoms with Crippen LogP contribution in [0.25, 0.3) is 0 Å². The summed E-state index contributed by atoms with van der Waals surface area (Å²) in [7, 11) is 3.10. The van der Waals surface area contributed by atoms with E-state index < -0.39 is 36.0 Å². The number of primary amides is 2. The summed E-state index contributed by atoms with van der Waals surface area (Å²) in [5.74, 6) is -0.668. The van der Waals surface area contributed by atoms with Gasteiger partial charge in [0.25, 0.3) is 0 Å². The molecular weight excluding hydrogens is 554 g/mol. The Hall–Kier alpha value is -3.49. The molecule has 0 spiro atoms. The van der Waals surface area contributed by atoms with Gasteiger partial charge < -0.3 is 32.6 Å². The van der Waals surface area contributed by atoms with Crippen LogP contribution in [0.15, 0.2) is 53.7 Å². The van der Waals surface area contributed by atoms with E-state index in [-0.39, 0.29) is 25.5 Å². The van der Waals surface area contributed by atoms with Gasteiger partial charge in [-0.05, 0) is 59.4 Å². The van der Waals surface area contributed by atoms with Crippen molar-refractivity contribution < 1.29 is 23.9 Å². The zero-order chi connectivity index (χ0) is 29.5. The first-order valence-electron chi connectivity index (χ1n) is 12.7. The summed E-state index contributed by atoms with van der Waals surface area (Å²) in [4.78, 5) is 54.3. The Balaban J connectivity index is 1.96. The van der Waals surface area contributed by atoms with Crippen molar-refractivity contribution in [2.24, 2.45) is 23.1 Å². The van der Waals surface area contributed by atoms with Crippen molar-refractivity contribution in [1.29, 1.82) is 0 Å². The molecule has 5 amide bonds. The highest BCUT2D eigenvalue weighted by Gasteiger charge is 2.33. The van der Waals surface area contributed by atoms with Crippen molar-refractivity contribution in [3.8, 4) is 0 Å². The van der Waals surface area contributed by atoms with Crippen LogP contribution < -0.4 is 32.7 Å². The third kappa shape index (κ3) is 11.3. The topological polar surface area (TPSA) is 196 Å². The van der Waals surface area contributed by atoms with Gasteiger partial charge in [0, 0.05) is 30.7 Å². The molecule has 2 rings (SSSR count). The number of pyridine rings is 1. The Morgan fingerprint density at radius 2 is 1.75 bits per heavy atom. The van der Waals surface area contributed by atoms with Gasteiger partial charge in [0.2, 0.25) is 11.8 Å². The molecule has 2 atom stereocenters. The molecule has 218 valence electrons. The van der Waals surface area contributed by atoms with E-state index in [1.54, 1.807) is 55.1 Å². The Labute approximate surface area is 241 Å². The van der Waals surface area contributed by atoms with Crippen LogP contribution >= 0.6 is 21.6 Å². The Morgan fingerprint density at radius 1 is 1.02 bits per heavy atom. The SMILES string of the molecule is CC(C)C(N)C(=O)N(c1ccc(COC(=O)NCCSSc2ccccn2)cc1)C(CCCNC(N)=O)C(N)=O. The summed E-state index contributed by atoms with van der Waals surface area (Å²) in [5, 5.41) is 6.05. The average molecular weight is 592 g/mol. The van der Waals surface area contributed by atoms with E-state index in [1.807, 2.05) is 18.2 Å². The fourth-order valence-corrected chi connectivity index (χ4v) is 5.24. The molecule has 40 heavy (non-hydrogen) atoms. The second-order valence-electron chi connectivity index (χ2n) is 9.07. The molecule has 0 radical (unpaired) electrons.